The van der Waals surface area contributed by atoms with E-state index in [1.807, 2.05) is 12.3 Å². The average molecular weight is 493 g/mol. The molecule has 2 nitrogen and oxygen atoms in total. The van der Waals surface area contributed by atoms with Crippen molar-refractivity contribution in [1.82, 2.24) is 9.97 Å². The van der Waals surface area contributed by atoms with Gasteiger partial charge in [-0.05, 0) is 41.5 Å². The van der Waals surface area contributed by atoms with Crippen LogP contribution in [0.4, 0.5) is 0 Å². The van der Waals surface area contributed by atoms with E-state index in [1.54, 1.807) is 22.7 Å². The first-order valence-electron chi connectivity index (χ1n) is 11.9. The molecule has 0 atom stereocenters. The summed E-state index contributed by atoms with van der Waals surface area (Å²) in [6.07, 6.45) is 4.05. The SMILES string of the molecule is Cc1cc(C)c(B(c2cnc(-c3cnc(-c4ccccc4)s3)s2)c2c(C)cc(C)cc2C)c(C)c1. The van der Waals surface area contributed by atoms with Gasteiger partial charge in [0.25, 0.3) is 6.71 Å². The number of aromatic nitrogens is 2. The lowest BCUT2D eigenvalue weighted by molar-refractivity contribution is 1.34. The summed E-state index contributed by atoms with van der Waals surface area (Å²) in [4.78, 5) is 10.7. The molecule has 0 N–H and O–H groups in total. The highest BCUT2D eigenvalue weighted by Crippen LogP contribution is 2.32. The molecule has 0 saturated heterocycles. The molecule has 174 valence electrons. The molecular weight excluding hydrogens is 463 g/mol. The third kappa shape index (κ3) is 4.63. The van der Waals surface area contributed by atoms with Gasteiger partial charge < -0.3 is 0 Å². The third-order valence-electron chi connectivity index (χ3n) is 6.60. The minimum absolute atomic E-state index is 0.156. The minimum Gasteiger partial charge on any atom is -0.244 e. The summed E-state index contributed by atoms with van der Waals surface area (Å²) in [7, 11) is 0. The van der Waals surface area contributed by atoms with Crippen molar-refractivity contribution in [3.05, 3.63) is 100 Å². The summed E-state index contributed by atoms with van der Waals surface area (Å²) in [5, 5.41) is 2.07. The van der Waals surface area contributed by atoms with E-state index < -0.39 is 0 Å². The fourth-order valence-corrected chi connectivity index (χ4v) is 7.35. The zero-order valence-electron chi connectivity index (χ0n) is 21.1. The van der Waals surface area contributed by atoms with Crippen molar-refractivity contribution in [3.8, 4) is 20.5 Å². The van der Waals surface area contributed by atoms with E-state index >= 15 is 0 Å². The van der Waals surface area contributed by atoms with Gasteiger partial charge in [0.1, 0.15) is 10.0 Å². The van der Waals surface area contributed by atoms with Gasteiger partial charge in [0.05, 0.1) is 4.88 Å². The van der Waals surface area contributed by atoms with E-state index in [9.17, 15) is 0 Å². The molecule has 5 aromatic rings. The minimum atomic E-state index is 0.156. The van der Waals surface area contributed by atoms with Crippen LogP contribution < -0.4 is 15.7 Å². The molecule has 35 heavy (non-hydrogen) atoms. The second-order valence-electron chi connectivity index (χ2n) is 9.52. The molecule has 5 rings (SSSR count). The molecule has 0 aliphatic rings. The maximum Gasteiger partial charge on any atom is 0.257 e. The largest absolute Gasteiger partial charge is 0.257 e. The lowest BCUT2D eigenvalue weighted by Crippen LogP contribution is -2.54. The lowest BCUT2D eigenvalue weighted by Gasteiger charge is -2.23. The Labute approximate surface area is 216 Å². The van der Waals surface area contributed by atoms with Crippen LogP contribution in [0.3, 0.4) is 0 Å². The summed E-state index contributed by atoms with van der Waals surface area (Å²) in [5.74, 6) is 0. The Kier molecular flexibility index (Phi) is 6.48. The van der Waals surface area contributed by atoms with Crippen LogP contribution in [0.15, 0.2) is 67.0 Å². The van der Waals surface area contributed by atoms with Crippen LogP contribution in [0.1, 0.15) is 33.4 Å². The summed E-state index contributed by atoms with van der Waals surface area (Å²) in [6, 6.07) is 19.6. The molecule has 0 radical (unpaired) electrons. The topological polar surface area (TPSA) is 25.8 Å². The maximum absolute atomic E-state index is 4.91. The molecule has 0 aliphatic carbocycles. The Bertz CT molecular complexity index is 1410. The molecule has 0 spiro atoms. The van der Waals surface area contributed by atoms with Crippen molar-refractivity contribution in [2.24, 2.45) is 0 Å². The van der Waals surface area contributed by atoms with Gasteiger partial charge in [0.2, 0.25) is 0 Å². The molecule has 0 saturated carbocycles. The number of benzene rings is 3. The first kappa shape index (κ1) is 23.7. The highest BCUT2D eigenvalue weighted by Gasteiger charge is 2.30. The molecule has 0 bridgehead atoms. The van der Waals surface area contributed by atoms with Gasteiger partial charge in [-0.3, -0.25) is 0 Å². The van der Waals surface area contributed by atoms with Crippen LogP contribution in [0.5, 0.6) is 0 Å². The van der Waals surface area contributed by atoms with E-state index in [0.29, 0.717) is 0 Å². The van der Waals surface area contributed by atoms with E-state index in [4.69, 9.17) is 9.97 Å². The molecule has 0 unspecified atom stereocenters. The molecular formula is C30H29BN2S2. The van der Waals surface area contributed by atoms with E-state index in [2.05, 4.69) is 96.3 Å². The average Bonchev–Trinajstić information content (AvgIpc) is 3.47. The molecule has 0 fully saturated rings. The second-order valence-corrected chi connectivity index (χ2v) is 11.6. The number of hydrogen-bond acceptors (Lipinski definition) is 4. The van der Waals surface area contributed by atoms with Crippen molar-refractivity contribution >= 4 is 45.1 Å². The fraction of sp³-hybridized carbons (Fsp3) is 0.200. The number of rotatable bonds is 5. The summed E-state index contributed by atoms with van der Waals surface area (Å²) in [6.45, 7) is 13.5. The second kappa shape index (κ2) is 9.56. The Morgan fingerprint density at radius 2 is 1.11 bits per heavy atom. The van der Waals surface area contributed by atoms with Crippen LogP contribution in [-0.2, 0) is 0 Å². The van der Waals surface area contributed by atoms with Crippen LogP contribution in [0, 0.1) is 41.5 Å². The first-order valence-corrected chi connectivity index (χ1v) is 13.6. The quantitative estimate of drug-likeness (QED) is 0.269. The predicted octanol–water partition coefficient (Wildman–Crippen LogP) is 6.30. The summed E-state index contributed by atoms with van der Waals surface area (Å²) >= 11 is 3.50. The fourth-order valence-electron chi connectivity index (χ4n) is 5.34. The number of nitrogens with zero attached hydrogens (tertiary/aromatic N) is 2. The van der Waals surface area contributed by atoms with Crippen molar-refractivity contribution in [2.75, 3.05) is 0 Å². The zero-order valence-corrected chi connectivity index (χ0v) is 22.8. The molecule has 3 aromatic carbocycles. The van der Waals surface area contributed by atoms with E-state index in [0.717, 1.165) is 20.5 Å². The Hall–Kier alpha value is -3.02. The normalized spacial score (nSPS) is 11.1. The highest BCUT2D eigenvalue weighted by atomic mass is 32.1. The molecule has 2 aromatic heterocycles. The monoisotopic (exact) mass is 492 g/mol. The van der Waals surface area contributed by atoms with Crippen molar-refractivity contribution in [1.29, 1.82) is 0 Å². The van der Waals surface area contributed by atoms with Gasteiger partial charge >= 0.3 is 0 Å². The lowest BCUT2D eigenvalue weighted by atomic mass is 9.37. The number of aryl methyl sites for hydroxylation is 6. The van der Waals surface area contributed by atoms with E-state index in [-0.39, 0.29) is 6.71 Å². The van der Waals surface area contributed by atoms with Gasteiger partial charge in [-0.25, -0.2) is 9.97 Å². The van der Waals surface area contributed by atoms with Gasteiger partial charge in [-0.2, -0.15) is 0 Å². The van der Waals surface area contributed by atoms with Crippen LogP contribution >= 0.6 is 22.7 Å². The van der Waals surface area contributed by atoms with Crippen LogP contribution in [0.2, 0.25) is 0 Å². The van der Waals surface area contributed by atoms with Gasteiger partial charge in [0.15, 0.2) is 0 Å². The van der Waals surface area contributed by atoms with Gasteiger partial charge in [-0.15, -0.1) is 22.7 Å². The van der Waals surface area contributed by atoms with E-state index in [1.165, 1.54) is 49.1 Å². The molecule has 0 amide bonds. The van der Waals surface area contributed by atoms with Crippen molar-refractivity contribution in [3.63, 3.8) is 0 Å². The maximum atomic E-state index is 4.91. The number of hydrogen-bond donors (Lipinski definition) is 0. The van der Waals surface area contributed by atoms with Crippen LogP contribution in [-0.4, -0.2) is 16.7 Å². The first-order chi connectivity index (χ1) is 16.8. The molecule has 5 heteroatoms. The zero-order chi connectivity index (χ0) is 24.7. The van der Waals surface area contributed by atoms with Crippen LogP contribution in [0.25, 0.3) is 20.5 Å². The smallest absolute Gasteiger partial charge is 0.244 e. The number of thiazole rings is 2. The Morgan fingerprint density at radius 1 is 0.600 bits per heavy atom. The molecule has 2 heterocycles. The summed E-state index contributed by atoms with van der Waals surface area (Å²) < 4.78 is 1.28. The highest BCUT2D eigenvalue weighted by molar-refractivity contribution is 7.31. The van der Waals surface area contributed by atoms with Crippen molar-refractivity contribution in [2.45, 2.75) is 41.5 Å². The van der Waals surface area contributed by atoms with Gasteiger partial charge in [-0.1, -0.05) is 98.9 Å². The predicted molar refractivity (Wildman–Crippen MR) is 155 cm³/mol. The molecule has 0 aliphatic heterocycles. The van der Waals surface area contributed by atoms with Crippen molar-refractivity contribution < 1.29 is 0 Å². The Morgan fingerprint density at radius 3 is 1.66 bits per heavy atom. The van der Waals surface area contributed by atoms with Gasteiger partial charge in [0, 0.05) is 22.7 Å². The Balaban J connectivity index is 1.64. The standard InChI is InChI=1S/C30H29BN2S2/c1-18-12-20(3)27(21(4)13-18)31(28-22(5)14-19(2)15-23(28)6)26-17-33-30(35-26)25-16-32-29(34-25)24-10-8-7-9-11-24/h7-17H,1-6H3. The summed E-state index contributed by atoms with van der Waals surface area (Å²) in [5.41, 5.74) is 11.9. The third-order valence-corrected chi connectivity index (χ3v) is 8.88.